The first-order valence-corrected chi connectivity index (χ1v) is 12.3. The minimum atomic E-state index is -1.10. The molecular formula is C27H26ClFN4O4. The van der Waals surface area contributed by atoms with Gasteiger partial charge in [-0.1, -0.05) is 23.7 Å². The largest absolute Gasteiger partial charge is 0.506 e. The summed E-state index contributed by atoms with van der Waals surface area (Å²) in [6.45, 7) is 2.33. The Morgan fingerprint density at radius 3 is 2.68 bits per heavy atom. The molecule has 5 rings (SSSR count). The van der Waals surface area contributed by atoms with E-state index in [0.717, 1.165) is 37.4 Å². The summed E-state index contributed by atoms with van der Waals surface area (Å²) in [4.78, 5) is 22.9. The van der Waals surface area contributed by atoms with Gasteiger partial charge in [-0.05, 0) is 56.3 Å². The van der Waals surface area contributed by atoms with Crippen molar-refractivity contribution in [1.82, 2.24) is 19.4 Å². The number of nitrogens with zero attached hydrogens (tertiary/aromatic N) is 4. The third-order valence-electron chi connectivity index (χ3n) is 6.81. The van der Waals surface area contributed by atoms with Gasteiger partial charge in [-0.15, -0.1) is 0 Å². The second-order valence-corrected chi connectivity index (χ2v) is 9.67. The number of aromatic nitrogens is 3. The zero-order valence-electron chi connectivity index (χ0n) is 20.2. The Labute approximate surface area is 217 Å². The average Bonchev–Trinajstić information content (AvgIpc) is 3.20. The van der Waals surface area contributed by atoms with Gasteiger partial charge in [-0.25, -0.2) is 19.2 Å². The highest BCUT2D eigenvalue weighted by Crippen LogP contribution is 2.31. The maximum Gasteiger partial charge on any atom is 0.335 e. The first kappa shape index (κ1) is 25.0. The number of hydrogen-bond donors (Lipinski definition) is 2. The molecule has 0 atom stereocenters. The topological polar surface area (TPSA) is 101 Å². The number of ether oxygens (including phenoxy) is 1. The molecule has 2 N–H and O–H groups in total. The quantitative estimate of drug-likeness (QED) is 0.346. The van der Waals surface area contributed by atoms with Gasteiger partial charge >= 0.3 is 5.97 Å². The van der Waals surface area contributed by atoms with Gasteiger partial charge in [-0.2, -0.15) is 0 Å². The molecular weight excluding hydrogens is 499 g/mol. The molecule has 0 saturated carbocycles. The molecule has 0 unspecified atom stereocenters. The number of benzene rings is 2. The Balaban J connectivity index is 1.21. The minimum absolute atomic E-state index is 0.0253. The Kier molecular flexibility index (Phi) is 6.99. The van der Waals surface area contributed by atoms with Gasteiger partial charge in [0.2, 0.25) is 5.88 Å². The monoisotopic (exact) mass is 524 g/mol. The maximum atomic E-state index is 14.0. The van der Waals surface area contributed by atoms with E-state index >= 15 is 0 Å². The first-order chi connectivity index (χ1) is 17.8. The van der Waals surface area contributed by atoms with Crippen LogP contribution in [0.25, 0.3) is 11.0 Å². The van der Waals surface area contributed by atoms with Crippen molar-refractivity contribution in [3.8, 4) is 11.6 Å². The third kappa shape index (κ3) is 5.38. The van der Waals surface area contributed by atoms with E-state index in [1.807, 2.05) is 23.7 Å². The molecule has 1 saturated heterocycles. The number of fused-ring (bicyclic) bond motifs is 1. The summed E-state index contributed by atoms with van der Waals surface area (Å²) in [5, 5.41) is 19.9. The summed E-state index contributed by atoms with van der Waals surface area (Å²) >= 11 is 5.81. The van der Waals surface area contributed by atoms with Gasteiger partial charge in [0.1, 0.15) is 29.5 Å². The van der Waals surface area contributed by atoms with Gasteiger partial charge in [0.05, 0.1) is 17.6 Å². The smallest absolute Gasteiger partial charge is 0.335 e. The van der Waals surface area contributed by atoms with Crippen molar-refractivity contribution in [3.63, 3.8) is 0 Å². The van der Waals surface area contributed by atoms with Crippen molar-refractivity contribution in [3.05, 3.63) is 82.0 Å². The van der Waals surface area contributed by atoms with Crippen LogP contribution in [-0.2, 0) is 20.2 Å². The molecule has 0 bridgehead atoms. The molecule has 2 aromatic carbocycles. The fourth-order valence-electron chi connectivity index (χ4n) is 4.70. The molecule has 0 aliphatic carbocycles. The fraction of sp³-hybridized carbons (Fsp3) is 0.296. The Morgan fingerprint density at radius 1 is 1.16 bits per heavy atom. The highest BCUT2D eigenvalue weighted by Gasteiger charge is 2.24. The molecule has 0 radical (unpaired) electrons. The Morgan fingerprint density at radius 2 is 1.95 bits per heavy atom. The number of carbonyl (C=O) groups is 1. The molecule has 1 aliphatic heterocycles. The SMILES string of the molecule is Cn1c(CN2CCC(c3cccc(OCc4ccc(Cl)cc4F)n3)CC2)nc2c(O)cc(C(=O)O)cc21. The number of piperidine rings is 1. The molecule has 8 nitrogen and oxygen atoms in total. The molecule has 1 aliphatic rings. The number of hydrogen-bond acceptors (Lipinski definition) is 6. The molecule has 0 spiro atoms. The van der Waals surface area contributed by atoms with Crippen LogP contribution in [0.5, 0.6) is 11.6 Å². The number of aromatic carboxylic acids is 1. The van der Waals surface area contributed by atoms with Gasteiger partial charge in [0, 0.05) is 35.3 Å². The number of aromatic hydroxyl groups is 1. The van der Waals surface area contributed by atoms with Gasteiger partial charge in [0.25, 0.3) is 0 Å². The summed E-state index contributed by atoms with van der Waals surface area (Å²) < 4.78 is 21.6. The standard InChI is InChI=1S/C27H26ClFN4O4/c1-32-22-11-18(27(35)36)12-23(34)26(22)31-24(32)14-33-9-7-16(8-10-33)21-3-2-4-25(30-21)37-15-17-5-6-19(28)13-20(17)29/h2-6,11-13,16,34H,7-10,14-15H2,1H3,(H,35,36). The number of likely N-dealkylation sites (tertiary alicyclic amines) is 1. The second kappa shape index (κ2) is 10.4. The predicted molar refractivity (Wildman–Crippen MR) is 137 cm³/mol. The normalized spacial score (nSPS) is 14.8. The van der Waals surface area contributed by atoms with Gasteiger partial charge < -0.3 is 19.5 Å². The van der Waals surface area contributed by atoms with E-state index in [-0.39, 0.29) is 23.8 Å². The van der Waals surface area contributed by atoms with E-state index in [1.165, 1.54) is 18.2 Å². The van der Waals surface area contributed by atoms with E-state index in [4.69, 9.17) is 16.3 Å². The van der Waals surface area contributed by atoms with E-state index in [2.05, 4.69) is 14.9 Å². The third-order valence-corrected chi connectivity index (χ3v) is 7.05. The van der Waals surface area contributed by atoms with Crippen molar-refractivity contribution in [2.75, 3.05) is 13.1 Å². The average molecular weight is 525 g/mol. The molecule has 37 heavy (non-hydrogen) atoms. The van der Waals surface area contributed by atoms with E-state index in [1.54, 1.807) is 18.2 Å². The number of rotatable bonds is 7. The van der Waals surface area contributed by atoms with E-state index in [9.17, 15) is 19.4 Å². The number of carboxylic acids is 1. The zero-order valence-corrected chi connectivity index (χ0v) is 21.0. The minimum Gasteiger partial charge on any atom is -0.506 e. The molecule has 10 heteroatoms. The van der Waals surface area contributed by atoms with Crippen LogP contribution in [0.3, 0.4) is 0 Å². The number of phenols is 1. The van der Waals surface area contributed by atoms with Crippen molar-refractivity contribution in [2.24, 2.45) is 7.05 Å². The summed E-state index contributed by atoms with van der Waals surface area (Å²) in [6.07, 6.45) is 1.81. The van der Waals surface area contributed by atoms with Crippen LogP contribution < -0.4 is 4.74 Å². The highest BCUT2D eigenvalue weighted by molar-refractivity contribution is 6.30. The van der Waals surface area contributed by atoms with E-state index in [0.29, 0.717) is 34.0 Å². The summed E-state index contributed by atoms with van der Waals surface area (Å²) in [6, 6.07) is 12.9. The van der Waals surface area contributed by atoms with Gasteiger partial charge in [0.15, 0.2) is 0 Å². The number of halogens is 2. The van der Waals surface area contributed by atoms with Crippen molar-refractivity contribution < 1.29 is 24.1 Å². The lowest BCUT2D eigenvalue weighted by molar-refractivity contribution is 0.0696. The summed E-state index contributed by atoms with van der Waals surface area (Å²) in [7, 11) is 1.83. The number of carboxylic acid groups (broad SMARTS) is 1. The molecule has 1 fully saturated rings. The van der Waals surface area contributed by atoms with Crippen LogP contribution in [0.1, 0.15) is 46.2 Å². The molecule has 0 amide bonds. The summed E-state index contributed by atoms with van der Waals surface area (Å²) in [5.74, 6) is -0.155. The van der Waals surface area contributed by atoms with Crippen LogP contribution in [0.4, 0.5) is 4.39 Å². The van der Waals surface area contributed by atoms with Crippen molar-refractivity contribution >= 4 is 28.6 Å². The number of aryl methyl sites for hydroxylation is 1. The van der Waals surface area contributed by atoms with Crippen LogP contribution in [0.15, 0.2) is 48.5 Å². The summed E-state index contributed by atoms with van der Waals surface area (Å²) in [5.41, 5.74) is 2.37. The lowest BCUT2D eigenvalue weighted by Crippen LogP contribution is -2.33. The molecule has 192 valence electrons. The molecule has 2 aromatic heterocycles. The van der Waals surface area contributed by atoms with E-state index < -0.39 is 11.8 Å². The Hall–Kier alpha value is -3.69. The van der Waals surface area contributed by atoms with Gasteiger partial charge in [-0.3, -0.25) is 4.90 Å². The van der Waals surface area contributed by atoms with Crippen molar-refractivity contribution in [2.45, 2.75) is 31.9 Å². The second-order valence-electron chi connectivity index (χ2n) is 9.23. The van der Waals surface area contributed by atoms with Crippen LogP contribution >= 0.6 is 11.6 Å². The predicted octanol–water partition coefficient (Wildman–Crippen LogP) is 5.12. The van der Waals surface area contributed by atoms with Crippen molar-refractivity contribution in [1.29, 1.82) is 0 Å². The van der Waals surface area contributed by atoms with Crippen LogP contribution in [0.2, 0.25) is 5.02 Å². The first-order valence-electron chi connectivity index (χ1n) is 12.0. The fourth-order valence-corrected chi connectivity index (χ4v) is 4.86. The van der Waals surface area contributed by atoms with Crippen LogP contribution in [-0.4, -0.2) is 48.7 Å². The molecule has 3 heterocycles. The maximum absolute atomic E-state index is 14.0. The number of imidazole rings is 1. The number of pyridine rings is 1. The highest BCUT2D eigenvalue weighted by atomic mass is 35.5. The zero-order chi connectivity index (χ0) is 26.1. The Bertz CT molecular complexity index is 1470. The van der Waals surface area contributed by atoms with Crippen LogP contribution in [0, 0.1) is 5.82 Å². The lowest BCUT2D eigenvalue weighted by Gasteiger charge is -2.31. The lowest BCUT2D eigenvalue weighted by atomic mass is 9.93. The number of phenolic OH excluding ortho intramolecular Hbond substituents is 1. The molecule has 4 aromatic rings.